The Morgan fingerprint density at radius 3 is 2.82 bits per heavy atom. The van der Waals surface area contributed by atoms with Crippen LogP contribution in [0.1, 0.15) is 11.3 Å². The number of hydrogen-bond donors (Lipinski definition) is 1. The van der Waals surface area contributed by atoms with Crippen LogP contribution in [-0.4, -0.2) is 15.2 Å². The van der Waals surface area contributed by atoms with E-state index in [9.17, 15) is 9.18 Å². The van der Waals surface area contributed by atoms with Gasteiger partial charge in [0.15, 0.2) is 5.16 Å². The lowest BCUT2D eigenvalue weighted by Crippen LogP contribution is -2.14. The third-order valence-electron chi connectivity index (χ3n) is 2.16. The van der Waals surface area contributed by atoms with Crippen LogP contribution in [0.4, 0.5) is 4.39 Å². The predicted molar refractivity (Wildman–Crippen MR) is 63.4 cm³/mol. The summed E-state index contributed by atoms with van der Waals surface area (Å²) in [6, 6.07) is 6.50. The Hall–Kier alpha value is -1.69. The number of H-pyrrole nitrogens is 1. The fourth-order valence-electron chi connectivity index (χ4n) is 1.20. The molecule has 0 amide bonds. The van der Waals surface area contributed by atoms with Gasteiger partial charge in [-0.3, -0.25) is 9.78 Å². The number of rotatable bonds is 3. The summed E-state index contributed by atoms with van der Waals surface area (Å²) in [5.74, 6) is 0.141. The van der Waals surface area contributed by atoms with Crippen molar-refractivity contribution in [1.29, 1.82) is 0 Å². The zero-order chi connectivity index (χ0) is 12.3. The summed E-state index contributed by atoms with van der Waals surface area (Å²) in [6.07, 6.45) is 0. The molecule has 0 fully saturated rings. The van der Waals surface area contributed by atoms with E-state index in [1.54, 1.807) is 25.1 Å². The van der Waals surface area contributed by atoms with Crippen molar-refractivity contribution < 1.29 is 4.39 Å². The van der Waals surface area contributed by atoms with Gasteiger partial charge < -0.3 is 0 Å². The summed E-state index contributed by atoms with van der Waals surface area (Å²) in [5.41, 5.74) is 0.622. The molecule has 0 radical (unpaired) electrons. The van der Waals surface area contributed by atoms with E-state index in [1.165, 1.54) is 17.8 Å². The SMILES string of the molecule is Cc1nnc(SCc2ccccc2F)[nH]c1=O. The number of thioether (sulfide) groups is 1. The molecule has 1 heterocycles. The maximum atomic E-state index is 13.3. The summed E-state index contributed by atoms with van der Waals surface area (Å²) < 4.78 is 13.3. The number of halogens is 1. The molecule has 0 aliphatic heterocycles. The molecule has 1 N–H and O–H groups in total. The number of nitrogens with zero attached hydrogens (tertiary/aromatic N) is 2. The molecular formula is C11H10FN3OS. The smallest absolute Gasteiger partial charge is 0.273 e. The highest BCUT2D eigenvalue weighted by atomic mass is 32.2. The number of hydrogen-bond acceptors (Lipinski definition) is 4. The van der Waals surface area contributed by atoms with Crippen LogP contribution in [0.25, 0.3) is 0 Å². The Bertz CT molecular complexity index is 585. The topological polar surface area (TPSA) is 58.6 Å². The Balaban J connectivity index is 2.10. The number of aromatic nitrogens is 3. The van der Waals surface area contributed by atoms with Crippen molar-refractivity contribution in [2.45, 2.75) is 17.8 Å². The molecule has 1 aromatic heterocycles. The lowest BCUT2D eigenvalue weighted by molar-refractivity contribution is 0.617. The highest BCUT2D eigenvalue weighted by Gasteiger charge is 2.04. The molecule has 0 atom stereocenters. The second kappa shape index (κ2) is 5.09. The molecule has 6 heteroatoms. The summed E-state index contributed by atoms with van der Waals surface area (Å²) in [4.78, 5) is 13.8. The van der Waals surface area contributed by atoms with Gasteiger partial charge in [-0.15, -0.1) is 10.2 Å². The molecule has 17 heavy (non-hydrogen) atoms. The fraction of sp³-hybridized carbons (Fsp3) is 0.182. The first-order valence-corrected chi connectivity index (χ1v) is 5.95. The maximum Gasteiger partial charge on any atom is 0.273 e. The first kappa shape index (κ1) is 11.8. The minimum absolute atomic E-state index is 0.262. The standard InChI is InChI=1S/C11H10FN3OS/c1-7-10(16)13-11(15-14-7)17-6-8-4-2-3-5-9(8)12/h2-5H,6H2,1H3,(H,13,15,16). The molecule has 2 rings (SSSR count). The average molecular weight is 251 g/mol. The van der Waals surface area contributed by atoms with Crippen molar-refractivity contribution >= 4 is 11.8 Å². The van der Waals surface area contributed by atoms with Gasteiger partial charge in [0.2, 0.25) is 0 Å². The van der Waals surface area contributed by atoms with Gasteiger partial charge in [-0.1, -0.05) is 30.0 Å². The van der Waals surface area contributed by atoms with Gasteiger partial charge in [0.1, 0.15) is 11.5 Å². The summed E-state index contributed by atoms with van der Waals surface area (Å²) in [7, 11) is 0. The first-order valence-electron chi connectivity index (χ1n) is 4.96. The molecule has 0 saturated heterocycles. The minimum Gasteiger partial charge on any atom is -0.298 e. The van der Waals surface area contributed by atoms with E-state index in [4.69, 9.17) is 0 Å². The monoisotopic (exact) mass is 251 g/mol. The number of benzene rings is 1. The third-order valence-corrected chi connectivity index (χ3v) is 3.07. The second-order valence-electron chi connectivity index (χ2n) is 3.42. The molecule has 0 unspecified atom stereocenters. The van der Waals surface area contributed by atoms with Crippen LogP contribution in [-0.2, 0) is 5.75 Å². The van der Waals surface area contributed by atoms with Gasteiger partial charge in [-0.2, -0.15) is 0 Å². The summed E-state index contributed by atoms with van der Waals surface area (Å²) >= 11 is 1.24. The van der Waals surface area contributed by atoms with E-state index in [0.29, 0.717) is 22.2 Å². The van der Waals surface area contributed by atoms with E-state index in [0.717, 1.165) is 0 Å². The Morgan fingerprint density at radius 1 is 1.35 bits per heavy atom. The minimum atomic E-state index is -0.268. The quantitative estimate of drug-likeness (QED) is 0.846. The summed E-state index contributed by atoms with van der Waals surface area (Å²) in [6.45, 7) is 1.58. The van der Waals surface area contributed by atoms with E-state index in [2.05, 4.69) is 15.2 Å². The third kappa shape index (κ3) is 2.91. The Morgan fingerprint density at radius 2 is 2.12 bits per heavy atom. The molecule has 0 bridgehead atoms. The number of aromatic amines is 1. The van der Waals surface area contributed by atoms with E-state index in [-0.39, 0.29) is 11.4 Å². The molecule has 0 aliphatic rings. The molecule has 1 aromatic carbocycles. The van der Waals surface area contributed by atoms with Crippen LogP contribution in [0.2, 0.25) is 0 Å². The average Bonchev–Trinajstić information content (AvgIpc) is 2.32. The van der Waals surface area contributed by atoms with Crippen LogP contribution in [0.5, 0.6) is 0 Å². The van der Waals surface area contributed by atoms with E-state index in [1.807, 2.05) is 0 Å². The number of aryl methyl sites for hydroxylation is 1. The van der Waals surface area contributed by atoms with Gasteiger partial charge in [-0.05, 0) is 18.6 Å². The highest BCUT2D eigenvalue weighted by molar-refractivity contribution is 7.98. The van der Waals surface area contributed by atoms with Crippen LogP contribution in [0.15, 0.2) is 34.2 Å². The summed E-state index contributed by atoms with van der Waals surface area (Å²) in [5, 5.41) is 7.92. The van der Waals surface area contributed by atoms with Gasteiger partial charge in [0.05, 0.1) is 0 Å². The molecule has 0 spiro atoms. The van der Waals surface area contributed by atoms with Crippen molar-refractivity contribution in [3.8, 4) is 0 Å². The van der Waals surface area contributed by atoms with Crippen molar-refractivity contribution in [1.82, 2.24) is 15.2 Å². The van der Waals surface area contributed by atoms with E-state index >= 15 is 0 Å². The molecule has 0 aliphatic carbocycles. The van der Waals surface area contributed by atoms with Crippen molar-refractivity contribution in [3.63, 3.8) is 0 Å². The molecule has 88 valence electrons. The van der Waals surface area contributed by atoms with Crippen molar-refractivity contribution in [2.75, 3.05) is 0 Å². The first-order chi connectivity index (χ1) is 8.16. The maximum absolute atomic E-state index is 13.3. The van der Waals surface area contributed by atoms with Crippen LogP contribution in [0.3, 0.4) is 0 Å². The predicted octanol–water partition coefficient (Wildman–Crippen LogP) is 1.90. The van der Waals surface area contributed by atoms with Gasteiger partial charge >= 0.3 is 0 Å². The van der Waals surface area contributed by atoms with Gasteiger partial charge in [0.25, 0.3) is 5.56 Å². The van der Waals surface area contributed by atoms with Crippen LogP contribution < -0.4 is 5.56 Å². The van der Waals surface area contributed by atoms with E-state index < -0.39 is 0 Å². The zero-order valence-electron chi connectivity index (χ0n) is 9.11. The normalized spacial score (nSPS) is 10.5. The number of nitrogens with one attached hydrogen (secondary N) is 1. The van der Waals surface area contributed by atoms with Gasteiger partial charge in [-0.25, -0.2) is 4.39 Å². The highest BCUT2D eigenvalue weighted by Crippen LogP contribution is 2.19. The fourth-order valence-corrected chi connectivity index (χ4v) is 1.99. The lowest BCUT2D eigenvalue weighted by atomic mass is 10.2. The largest absolute Gasteiger partial charge is 0.298 e. The second-order valence-corrected chi connectivity index (χ2v) is 4.39. The van der Waals surface area contributed by atoms with Crippen LogP contribution in [0, 0.1) is 12.7 Å². The zero-order valence-corrected chi connectivity index (χ0v) is 9.92. The molecule has 0 saturated carbocycles. The Kier molecular flexibility index (Phi) is 3.53. The molecule has 2 aromatic rings. The van der Waals surface area contributed by atoms with Crippen molar-refractivity contribution in [3.05, 3.63) is 51.7 Å². The van der Waals surface area contributed by atoms with Crippen LogP contribution >= 0.6 is 11.8 Å². The Labute approximate surface area is 101 Å². The molecular weight excluding hydrogens is 241 g/mol. The molecule has 4 nitrogen and oxygen atoms in total. The van der Waals surface area contributed by atoms with Gasteiger partial charge in [0, 0.05) is 5.75 Å². The lowest BCUT2D eigenvalue weighted by Gasteiger charge is -2.01. The van der Waals surface area contributed by atoms with Crippen molar-refractivity contribution in [2.24, 2.45) is 0 Å².